The lowest BCUT2D eigenvalue weighted by Gasteiger charge is -2.44. The fourth-order valence-electron chi connectivity index (χ4n) is 2.69. The van der Waals surface area contributed by atoms with Gasteiger partial charge in [0.25, 0.3) is 0 Å². The third-order valence-electron chi connectivity index (χ3n) is 3.64. The van der Waals surface area contributed by atoms with E-state index in [0.29, 0.717) is 0 Å². The summed E-state index contributed by atoms with van der Waals surface area (Å²) in [7, 11) is 0. The molecule has 1 aliphatic heterocycles. The number of halogens is 1. The van der Waals surface area contributed by atoms with Crippen molar-refractivity contribution >= 4 is 41.5 Å². The van der Waals surface area contributed by atoms with Crippen molar-refractivity contribution in [1.29, 1.82) is 0 Å². The molecule has 0 aromatic carbocycles. The van der Waals surface area contributed by atoms with E-state index in [-0.39, 0.29) is 19.0 Å². The highest BCUT2D eigenvalue weighted by Gasteiger charge is 2.52. The van der Waals surface area contributed by atoms with Crippen LogP contribution in [0.15, 0.2) is 0 Å². The Morgan fingerprint density at radius 3 is 1.87 bits per heavy atom. The van der Waals surface area contributed by atoms with Gasteiger partial charge in [-0.2, -0.15) is 0 Å². The van der Waals surface area contributed by atoms with Crippen LogP contribution in [0.25, 0.3) is 0 Å². The molecule has 2 N–H and O–H groups in total. The van der Waals surface area contributed by atoms with Gasteiger partial charge in [0.1, 0.15) is 12.7 Å². The van der Waals surface area contributed by atoms with Crippen molar-refractivity contribution in [2.24, 2.45) is 0 Å². The first-order valence-electron chi connectivity index (χ1n) is 8.96. The summed E-state index contributed by atoms with van der Waals surface area (Å²) < 4.78 is 26.3. The van der Waals surface area contributed by atoms with E-state index in [2.05, 4.69) is 10.6 Å². The largest absolute Gasteiger partial charge is 0.463 e. The van der Waals surface area contributed by atoms with Gasteiger partial charge < -0.3 is 34.3 Å². The second-order valence-corrected chi connectivity index (χ2v) is 6.59. The Labute approximate surface area is 177 Å². The number of hydrogen-bond acceptors (Lipinski definition) is 10. The molecule has 1 fully saturated rings. The number of carbonyl (C=O) groups excluding carboxylic acids is 5. The maximum absolute atomic E-state index is 12.1. The fraction of sp³-hybridized carbons (Fsp3) is 0.706. The maximum Gasteiger partial charge on any atom is 0.316 e. The lowest BCUT2D eigenvalue weighted by atomic mass is 9.97. The zero-order valence-electron chi connectivity index (χ0n) is 17.0. The van der Waals surface area contributed by atoms with E-state index in [4.69, 9.17) is 35.3 Å². The van der Waals surface area contributed by atoms with Gasteiger partial charge in [0.15, 0.2) is 24.5 Å². The molecule has 0 radical (unpaired) electrons. The molecule has 2 amide bonds. The molecule has 1 rings (SSSR count). The highest BCUT2D eigenvalue weighted by Crippen LogP contribution is 2.28. The molecular formula is C17H25ClN2O10. The third-order valence-corrected chi connectivity index (χ3v) is 3.83. The van der Waals surface area contributed by atoms with Crippen molar-refractivity contribution < 1.29 is 47.7 Å². The molecule has 13 heteroatoms. The molecule has 1 heterocycles. The van der Waals surface area contributed by atoms with Gasteiger partial charge in [-0.25, -0.2) is 4.79 Å². The minimum absolute atomic E-state index is 0.138. The highest BCUT2D eigenvalue weighted by molar-refractivity contribution is 6.18. The molecule has 170 valence electrons. The summed E-state index contributed by atoms with van der Waals surface area (Å²) in [6.45, 7) is 4.21. The number of alkyl halides is 1. The van der Waals surface area contributed by atoms with Crippen LogP contribution in [0.5, 0.6) is 0 Å². The molecule has 30 heavy (non-hydrogen) atoms. The van der Waals surface area contributed by atoms with Gasteiger partial charge in [-0.05, 0) is 0 Å². The average Bonchev–Trinajstić information content (AvgIpc) is 2.62. The van der Waals surface area contributed by atoms with E-state index < -0.39 is 60.6 Å². The van der Waals surface area contributed by atoms with Gasteiger partial charge in [-0.3, -0.25) is 19.2 Å². The summed E-state index contributed by atoms with van der Waals surface area (Å²) >= 11 is 5.53. The molecule has 0 bridgehead atoms. The minimum Gasteiger partial charge on any atom is -0.463 e. The summed E-state index contributed by atoms with van der Waals surface area (Å²) in [5.74, 6) is -2.79. The number of carbonyl (C=O) groups is 5. The van der Waals surface area contributed by atoms with E-state index >= 15 is 0 Å². The van der Waals surface area contributed by atoms with E-state index in [9.17, 15) is 24.0 Å². The maximum atomic E-state index is 12.1. The summed E-state index contributed by atoms with van der Waals surface area (Å²) in [6.07, 6.45) is -6.50. The molecule has 0 aromatic heterocycles. The molecule has 0 aliphatic carbocycles. The number of rotatable bonds is 8. The van der Waals surface area contributed by atoms with E-state index in [0.717, 1.165) is 27.7 Å². The van der Waals surface area contributed by atoms with E-state index in [1.54, 1.807) is 0 Å². The van der Waals surface area contributed by atoms with Gasteiger partial charge in [-0.15, -0.1) is 11.6 Å². The molecule has 0 saturated carbocycles. The second kappa shape index (κ2) is 12.2. The number of nitrogens with one attached hydrogen (secondary N) is 2. The second-order valence-electron chi connectivity index (χ2n) is 6.21. The number of amides is 2. The van der Waals surface area contributed by atoms with Crippen molar-refractivity contribution in [2.45, 2.75) is 58.3 Å². The van der Waals surface area contributed by atoms with Crippen LogP contribution in [-0.4, -0.2) is 79.6 Å². The van der Waals surface area contributed by atoms with Gasteiger partial charge in [0.05, 0.1) is 0 Å². The summed E-state index contributed by atoms with van der Waals surface area (Å²) in [4.78, 5) is 58.2. The number of urea groups is 1. The van der Waals surface area contributed by atoms with Gasteiger partial charge in [0.2, 0.25) is 0 Å². The lowest BCUT2D eigenvalue weighted by Crippen LogP contribution is -2.66. The monoisotopic (exact) mass is 452 g/mol. The van der Waals surface area contributed by atoms with Crippen LogP contribution in [0.3, 0.4) is 0 Å². The van der Waals surface area contributed by atoms with Crippen LogP contribution < -0.4 is 10.6 Å². The van der Waals surface area contributed by atoms with Gasteiger partial charge in [0, 0.05) is 40.1 Å². The summed E-state index contributed by atoms with van der Waals surface area (Å²) in [5.41, 5.74) is 0. The first-order valence-corrected chi connectivity index (χ1v) is 9.49. The van der Waals surface area contributed by atoms with E-state index in [1.807, 2.05) is 0 Å². The van der Waals surface area contributed by atoms with Crippen LogP contribution in [0.1, 0.15) is 27.7 Å². The Morgan fingerprint density at radius 2 is 1.37 bits per heavy atom. The smallest absolute Gasteiger partial charge is 0.316 e. The van der Waals surface area contributed by atoms with E-state index in [1.165, 1.54) is 0 Å². The summed E-state index contributed by atoms with van der Waals surface area (Å²) in [5, 5.41) is 4.86. The SMILES string of the molecule is CC(=O)OC[C@@H]1O[C@@H](NC(=O)NCCCl)[C@@H](OC(C)=O)[C@@H](OC(C)=O)[C@H]1OC(C)=O. The Hall–Kier alpha value is -2.60. The molecule has 0 aromatic rings. The zero-order chi connectivity index (χ0) is 22.8. The van der Waals surface area contributed by atoms with Gasteiger partial charge in [-0.1, -0.05) is 0 Å². The molecule has 1 saturated heterocycles. The Bertz CT molecular complexity index is 658. The Balaban J connectivity index is 3.27. The predicted octanol–water partition coefficient (Wildman–Crippen LogP) is -0.392. The van der Waals surface area contributed by atoms with Crippen LogP contribution in [0.4, 0.5) is 4.79 Å². The van der Waals surface area contributed by atoms with Gasteiger partial charge >= 0.3 is 29.9 Å². The standard InChI is InChI=1S/C17H25ClN2O10/c1-8(21)26-7-12-13(27-9(2)22)14(28-10(3)23)15(29-11(4)24)16(30-12)20-17(25)19-6-5-18/h12-16H,5-7H2,1-4H3,(H2,19,20,25)/t12-,13-,14-,15-,16+/m0/s1. The van der Waals surface area contributed by atoms with Crippen molar-refractivity contribution in [1.82, 2.24) is 10.6 Å². The van der Waals surface area contributed by atoms with Crippen LogP contribution in [0, 0.1) is 0 Å². The molecule has 1 aliphatic rings. The first kappa shape index (κ1) is 25.4. The molecule has 5 atom stereocenters. The predicted molar refractivity (Wildman–Crippen MR) is 99.2 cm³/mol. The van der Waals surface area contributed by atoms with Crippen molar-refractivity contribution in [3.8, 4) is 0 Å². The van der Waals surface area contributed by atoms with Crippen LogP contribution in [-0.2, 0) is 42.9 Å². The molecule has 12 nitrogen and oxygen atoms in total. The first-order chi connectivity index (χ1) is 14.0. The fourth-order valence-corrected chi connectivity index (χ4v) is 2.78. The topological polar surface area (TPSA) is 156 Å². The number of esters is 4. The highest BCUT2D eigenvalue weighted by atomic mass is 35.5. The molecule has 0 unspecified atom stereocenters. The van der Waals surface area contributed by atoms with Crippen LogP contribution >= 0.6 is 11.6 Å². The Morgan fingerprint density at radius 1 is 0.833 bits per heavy atom. The quantitative estimate of drug-likeness (QED) is 0.282. The normalized spacial score (nSPS) is 25.4. The molecular weight excluding hydrogens is 428 g/mol. The Kier molecular flexibility index (Phi) is 10.3. The minimum atomic E-state index is -1.37. The van der Waals surface area contributed by atoms with Crippen LogP contribution in [0.2, 0.25) is 0 Å². The average molecular weight is 453 g/mol. The van der Waals surface area contributed by atoms with Crippen molar-refractivity contribution in [3.63, 3.8) is 0 Å². The zero-order valence-corrected chi connectivity index (χ0v) is 17.7. The lowest BCUT2D eigenvalue weighted by molar-refractivity contribution is -0.255. The summed E-state index contributed by atoms with van der Waals surface area (Å²) in [6, 6.07) is -0.712. The number of hydrogen-bond donors (Lipinski definition) is 2. The van der Waals surface area contributed by atoms with Crippen molar-refractivity contribution in [3.05, 3.63) is 0 Å². The van der Waals surface area contributed by atoms with Crippen molar-refractivity contribution in [2.75, 3.05) is 19.0 Å². The third kappa shape index (κ3) is 8.41. The number of ether oxygens (including phenoxy) is 5. The molecule has 0 spiro atoms.